The third-order valence-electron chi connectivity index (χ3n) is 4.25. The van der Waals surface area contributed by atoms with Crippen LogP contribution in [0.15, 0.2) is 6.33 Å². The van der Waals surface area contributed by atoms with Crippen molar-refractivity contribution < 1.29 is 0 Å². The van der Waals surface area contributed by atoms with Crippen LogP contribution in [0.1, 0.15) is 28.1 Å². The molecule has 0 aliphatic carbocycles. The quantitative estimate of drug-likeness (QED) is 0.829. The zero-order valence-corrected chi connectivity index (χ0v) is 13.8. The predicted molar refractivity (Wildman–Crippen MR) is 87.3 cm³/mol. The number of aryl methyl sites for hydroxylation is 1. The molecule has 7 nitrogen and oxygen atoms in total. The van der Waals surface area contributed by atoms with Gasteiger partial charge in [-0.2, -0.15) is 10.4 Å². The monoisotopic (exact) mass is 309 g/mol. The summed E-state index contributed by atoms with van der Waals surface area (Å²) in [4.78, 5) is 12.9. The summed E-state index contributed by atoms with van der Waals surface area (Å²) in [6.45, 7) is 5.19. The SMILES string of the molecule is Cc1nnc(N2CCc3ncnc(N(C)C)c3C2)c(C#N)c1C. The summed E-state index contributed by atoms with van der Waals surface area (Å²) in [5, 5.41) is 18.0. The van der Waals surface area contributed by atoms with Crippen LogP contribution in [0.4, 0.5) is 11.6 Å². The van der Waals surface area contributed by atoms with Crippen molar-refractivity contribution in [2.24, 2.45) is 0 Å². The smallest absolute Gasteiger partial charge is 0.169 e. The van der Waals surface area contributed by atoms with E-state index in [2.05, 4.69) is 31.1 Å². The van der Waals surface area contributed by atoms with Crippen LogP contribution in [-0.2, 0) is 13.0 Å². The van der Waals surface area contributed by atoms with E-state index in [1.165, 1.54) is 0 Å². The van der Waals surface area contributed by atoms with Gasteiger partial charge in [-0.25, -0.2) is 9.97 Å². The fourth-order valence-corrected chi connectivity index (χ4v) is 2.84. The van der Waals surface area contributed by atoms with Gasteiger partial charge in [0.1, 0.15) is 23.8 Å². The summed E-state index contributed by atoms with van der Waals surface area (Å²) >= 11 is 0. The second-order valence-corrected chi connectivity index (χ2v) is 5.91. The van der Waals surface area contributed by atoms with E-state index in [-0.39, 0.29) is 0 Å². The molecule has 2 aromatic rings. The highest BCUT2D eigenvalue weighted by atomic mass is 15.3. The van der Waals surface area contributed by atoms with Gasteiger partial charge in [-0.3, -0.25) is 0 Å². The van der Waals surface area contributed by atoms with E-state index in [0.717, 1.165) is 41.3 Å². The van der Waals surface area contributed by atoms with Gasteiger partial charge in [-0.1, -0.05) is 0 Å². The van der Waals surface area contributed by atoms with Gasteiger partial charge in [0.25, 0.3) is 0 Å². The van der Waals surface area contributed by atoms with E-state index in [1.54, 1.807) is 6.33 Å². The van der Waals surface area contributed by atoms with Gasteiger partial charge in [-0.15, -0.1) is 5.10 Å². The highest BCUT2D eigenvalue weighted by molar-refractivity contribution is 5.60. The molecule has 0 saturated heterocycles. The lowest BCUT2D eigenvalue weighted by atomic mass is 10.0. The van der Waals surface area contributed by atoms with Gasteiger partial charge in [0.2, 0.25) is 0 Å². The Morgan fingerprint density at radius 1 is 1.22 bits per heavy atom. The maximum absolute atomic E-state index is 9.52. The highest BCUT2D eigenvalue weighted by Crippen LogP contribution is 2.29. The molecule has 0 N–H and O–H groups in total. The lowest BCUT2D eigenvalue weighted by Crippen LogP contribution is -2.34. The van der Waals surface area contributed by atoms with Crippen molar-refractivity contribution in [2.75, 3.05) is 30.4 Å². The van der Waals surface area contributed by atoms with E-state index in [0.29, 0.717) is 17.9 Å². The second kappa shape index (κ2) is 5.80. The molecule has 118 valence electrons. The van der Waals surface area contributed by atoms with Crippen LogP contribution < -0.4 is 9.80 Å². The van der Waals surface area contributed by atoms with Gasteiger partial charge in [-0.05, 0) is 19.4 Å². The Morgan fingerprint density at radius 2 is 2.00 bits per heavy atom. The number of hydrogen-bond acceptors (Lipinski definition) is 7. The summed E-state index contributed by atoms with van der Waals surface area (Å²) in [6, 6.07) is 2.28. The number of aromatic nitrogens is 4. The first kappa shape index (κ1) is 15.2. The second-order valence-electron chi connectivity index (χ2n) is 5.91. The van der Waals surface area contributed by atoms with Crippen LogP contribution in [0.5, 0.6) is 0 Å². The van der Waals surface area contributed by atoms with Crippen LogP contribution in [0.3, 0.4) is 0 Å². The molecule has 0 bridgehead atoms. The van der Waals surface area contributed by atoms with Gasteiger partial charge in [0, 0.05) is 39.2 Å². The Morgan fingerprint density at radius 3 is 2.70 bits per heavy atom. The first-order valence-electron chi connectivity index (χ1n) is 7.52. The average Bonchev–Trinajstić information content (AvgIpc) is 2.56. The molecule has 0 atom stereocenters. The molecule has 1 aliphatic rings. The standard InChI is InChI=1S/C16H19N7/c1-10-11(2)20-21-16(12(10)7-17)23-6-5-14-13(8-23)15(22(3)4)19-9-18-14/h9H,5-6,8H2,1-4H3. The molecule has 3 rings (SSSR count). The van der Waals surface area contributed by atoms with E-state index >= 15 is 0 Å². The fourth-order valence-electron chi connectivity index (χ4n) is 2.84. The molecule has 23 heavy (non-hydrogen) atoms. The molecule has 7 heteroatoms. The molecular formula is C16H19N7. The molecule has 3 heterocycles. The maximum Gasteiger partial charge on any atom is 0.169 e. The number of fused-ring (bicyclic) bond motifs is 1. The zero-order chi connectivity index (χ0) is 16.6. The Labute approximate surface area is 135 Å². The molecule has 1 aliphatic heterocycles. The van der Waals surface area contributed by atoms with Gasteiger partial charge in [0.05, 0.1) is 11.4 Å². The van der Waals surface area contributed by atoms with Crippen molar-refractivity contribution in [1.29, 1.82) is 5.26 Å². The van der Waals surface area contributed by atoms with Gasteiger partial charge in [0.15, 0.2) is 5.82 Å². The topological polar surface area (TPSA) is 81.8 Å². The number of nitriles is 1. The number of nitrogens with zero attached hydrogens (tertiary/aromatic N) is 7. The molecule has 0 amide bonds. The first-order chi connectivity index (χ1) is 11.0. The van der Waals surface area contributed by atoms with E-state index in [9.17, 15) is 5.26 Å². The Kier molecular flexibility index (Phi) is 3.82. The molecule has 0 unspecified atom stereocenters. The molecular weight excluding hydrogens is 290 g/mol. The highest BCUT2D eigenvalue weighted by Gasteiger charge is 2.25. The summed E-state index contributed by atoms with van der Waals surface area (Å²) in [7, 11) is 3.94. The van der Waals surface area contributed by atoms with E-state index in [4.69, 9.17) is 0 Å². The van der Waals surface area contributed by atoms with Gasteiger partial charge >= 0.3 is 0 Å². The summed E-state index contributed by atoms with van der Waals surface area (Å²) in [5.41, 5.74) is 4.44. The maximum atomic E-state index is 9.52. The van der Waals surface area contributed by atoms with Crippen LogP contribution in [0.25, 0.3) is 0 Å². The number of anilines is 2. The molecule has 0 spiro atoms. The molecule has 2 aromatic heterocycles. The normalized spacial score (nSPS) is 13.4. The fraction of sp³-hybridized carbons (Fsp3) is 0.438. The third kappa shape index (κ3) is 2.57. The van der Waals surface area contributed by atoms with Crippen molar-refractivity contribution in [3.63, 3.8) is 0 Å². The van der Waals surface area contributed by atoms with E-state index < -0.39 is 0 Å². The molecule has 0 fully saturated rings. The van der Waals surface area contributed by atoms with Crippen molar-refractivity contribution >= 4 is 11.6 Å². The van der Waals surface area contributed by atoms with Crippen LogP contribution in [0, 0.1) is 25.2 Å². The average molecular weight is 309 g/mol. The zero-order valence-electron chi connectivity index (χ0n) is 13.8. The predicted octanol–water partition coefficient (Wildman–Crippen LogP) is 1.38. The minimum Gasteiger partial charge on any atom is -0.362 e. The Balaban J connectivity index is 2.04. The van der Waals surface area contributed by atoms with Crippen molar-refractivity contribution in [1.82, 2.24) is 20.2 Å². The van der Waals surface area contributed by atoms with Crippen LogP contribution >= 0.6 is 0 Å². The Bertz CT molecular complexity index is 792. The van der Waals surface area contributed by atoms with Crippen molar-refractivity contribution in [2.45, 2.75) is 26.8 Å². The van der Waals surface area contributed by atoms with Crippen LogP contribution in [0.2, 0.25) is 0 Å². The summed E-state index contributed by atoms with van der Waals surface area (Å²) in [5.74, 6) is 1.56. The summed E-state index contributed by atoms with van der Waals surface area (Å²) < 4.78 is 0. The minimum atomic E-state index is 0.601. The Hall–Kier alpha value is -2.75. The molecule has 0 aromatic carbocycles. The van der Waals surface area contributed by atoms with Crippen LogP contribution in [-0.4, -0.2) is 40.8 Å². The van der Waals surface area contributed by atoms with Crippen molar-refractivity contribution in [3.8, 4) is 6.07 Å². The van der Waals surface area contributed by atoms with Gasteiger partial charge < -0.3 is 9.80 Å². The number of hydrogen-bond donors (Lipinski definition) is 0. The first-order valence-corrected chi connectivity index (χ1v) is 7.52. The lowest BCUT2D eigenvalue weighted by Gasteiger charge is -2.31. The molecule has 0 saturated carbocycles. The largest absolute Gasteiger partial charge is 0.362 e. The number of rotatable bonds is 2. The minimum absolute atomic E-state index is 0.601. The lowest BCUT2D eigenvalue weighted by molar-refractivity contribution is 0.685. The summed E-state index contributed by atoms with van der Waals surface area (Å²) in [6.07, 6.45) is 2.42. The molecule has 0 radical (unpaired) electrons. The third-order valence-corrected chi connectivity index (χ3v) is 4.25. The van der Waals surface area contributed by atoms with Crippen molar-refractivity contribution in [3.05, 3.63) is 34.4 Å². The van der Waals surface area contributed by atoms with E-state index in [1.807, 2.05) is 32.8 Å².